The summed E-state index contributed by atoms with van der Waals surface area (Å²) in [6.07, 6.45) is 4.65. The maximum absolute atomic E-state index is 12.5. The van der Waals surface area contributed by atoms with Gasteiger partial charge in [-0.3, -0.25) is 9.78 Å². The fourth-order valence-corrected chi connectivity index (χ4v) is 4.24. The zero-order valence-electron chi connectivity index (χ0n) is 14.3. The predicted octanol–water partition coefficient (Wildman–Crippen LogP) is 2.67. The number of carbonyl (C=O) groups is 1. The molecule has 2 aromatic heterocycles. The van der Waals surface area contributed by atoms with Gasteiger partial charge < -0.3 is 9.80 Å². The lowest BCUT2D eigenvalue weighted by atomic mass is 10.1. The summed E-state index contributed by atoms with van der Waals surface area (Å²) < 4.78 is 1.25. The lowest BCUT2D eigenvalue weighted by Crippen LogP contribution is -2.49. The molecule has 1 aromatic carbocycles. The Bertz CT molecular complexity index is 916. The third kappa shape index (κ3) is 3.07. The van der Waals surface area contributed by atoms with E-state index in [0.717, 1.165) is 23.7 Å². The summed E-state index contributed by atoms with van der Waals surface area (Å²) in [5.41, 5.74) is 3.98. The third-order valence-electron chi connectivity index (χ3n) is 4.43. The average molecular weight is 353 g/mol. The first-order valence-corrected chi connectivity index (χ1v) is 9.11. The Morgan fingerprint density at radius 1 is 1.12 bits per heavy atom. The molecule has 1 saturated heterocycles. The smallest absolute Gasteiger partial charge is 0.274 e. The predicted molar refractivity (Wildman–Crippen MR) is 99.2 cm³/mol. The Labute approximate surface area is 150 Å². The van der Waals surface area contributed by atoms with Gasteiger partial charge in [-0.15, -0.1) is 0 Å². The van der Waals surface area contributed by atoms with E-state index in [2.05, 4.69) is 40.8 Å². The molecule has 0 aliphatic carbocycles. The Kier molecular flexibility index (Phi) is 4.09. The summed E-state index contributed by atoms with van der Waals surface area (Å²) in [5, 5.41) is 1.04. The minimum atomic E-state index is -0.0523. The molecule has 0 saturated carbocycles. The molecule has 0 spiro atoms. The van der Waals surface area contributed by atoms with Gasteiger partial charge in [0.1, 0.15) is 5.69 Å². The highest BCUT2D eigenvalue weighted by Gasteiger charge is 2.24. The number of carbonyl (C=O) groups excluding carboxylic acids is 1. The summed E-state index contributed by atoms with van der Waals surface area (Å²) in [7, 11) is 0. The Balaban J connectivity index is 1.49. The largest absolute Gasteiger partial charge is 0.345 e. The highest BCUT2D eigenvalue weighted by molar-refractivity contribution is 7.22. The molecule has 128 valence electrons. The van der Waals surface area contributed by atoms with E-state index in [1.807, 2.05) is 4.90 Å². The van der Waals surface area contributed by atoms with Crippen molar-refractivity contribution in [2.75, 3.05) is 31.1 Å². The van der Waals surface area contributed by atoms with Gasteiger partial charge in [0.15, 0.2) is 5.13 Å². The molecule has 0 atom stereocenters. The van der Waals surface area contributed by atoms with E-state index in [4.69, 9.17) is 4.98 Å². The first kappa shape index (κ1) is 16.0. The third-order valence-corrected chi connectivity index (χ3v) is 5.70. The molecule has 4 rings (SSSR count). The number of amides is 1. The first-order chi connectivity index (χ1) is 12.1. The minimum Gasteiger partial charge on any atom is -0.345 e. The summed E-state index contributed by atoms with van der Waals surface area (Å²) in [6, 6.07) is 4.33. The number of aromatic nitrogens is 3. The number of nitrogens with zero attached hydrogens (tertiary/aromatic N) is 5. The standard InChI is InChI=1S/C18H19N5OS/c1-12-9-13(2)16-14(10-12)21-18(25-16)23-7-5-22(6-8-23)17(24)15-11-19-3-4-20-15/h3-4,9-11H,5-8H2,1-2H3. The second kappa shape index (κ2) is 6.40. The number of hydrogen-bond donors (Lipinski definition) is 0. The fraction of sp³-hybridized carbons (Fsp3) is 0.333. The molecule has 0 radical (unpaired) electrons. The monoisotopic (exact) mass is 353 g/mol. The molecule has 1 aliphatic heterocycles. The van der Waals surface area contributed by atoms with Crippen molar-refractivity contribution in [3.63, 3.8) is 0 Å². The average Bonchev–Trinajstić information content (AvgIpc) is 3.06. The summed E-state index contributed by atoms with van der Waals surface area (Å²) >= 11 is 1.73. The Hall–Kier alpha value is -2.54. The topological polar surface area (TPSA) is 62.2 Å². The van der Waals surface area contributed by atoms with Gasteiger partial charge in [0.05, 0.1) is 16.4 Å². The number of thiazole rings is 1. The van der Waals surface area contributed by atoms with E-state index in [1.165, 1.54) is 22.0 Å². The quantitative estimate of drug-likeness (QED) is 0.709. The second-order valence-corrected chi connectivity index (χ2v) is 7.27. The van der Waals surface area contributed by atoms with Gasteiger partial charge in [0.2, 0.25) is 0 Å². The molecule has 7 heteroatoms. The lowest BCUT2D eigenvalue weighted by Gasteiger charge is -2.34. The first-order valence-electron chi connectivity index (χ1n) is 8.30. The van der Waals surface area contributed by atoms with Crippen LogP contribution in [-0.4, -0.2) is 51.9 Å². The molecule has 6 nitrogen and oxygen atoms in total. The number of rotatable bonds is 2. The van der Waals surface area contributed by atoms with Gasteiger partial charge in [-0.1, -0.05) is 17.4 Å². The summed E-state index contributed by atoms with van der Waals surface area (Å²) in [6.45, 7) is 7.14. The molecule has 1 amide bonds. The normalized spacial score (nSPS) is 15.0. The van der Waals surface area contributed by atoms with Crippen molar-refractivity contribution >= 4 is 32.6 Å². The zero-order valence-corrected chi connectivity index (χ0v) is 15.1. The van der Waals surface area contributed by atoms with E-state index >= 15 is 0 Å². The van der Waals surface area contributed by atoms with Gasteiger partial charge in [-0.25, -0.2) is 9.97 Å². The van der Waals surface area contributed by atoms with Crippen molar-refractivity contribution in [1.29, 1.82) is 0 Å². The number of hydrogen-bond acceptors (Lipinski definition) is 6. The van der Waals surface area contributed by atoms with E-state index in [0.29, 0.717) is 18.8 Å². The van der Waals surface area contributed by atoms with Crippen molar-refractivity contribution in [3.8, 4) is 0 Å². The zero-order chi connectivity index (χ0) is 17.4. The van der Waals surface area contributed by atoms with E-state index in [1.54, 1.807) is 23.7 Å². The molecule has 3 heterocycles. The number of benzene rings is 1. The van der Waals surface area contributed by atoms with Crippen LogP contribution in [0.25, 0.3) is 10.2 Å². The van der Waals surface area contributed by atoms with E-state index in [9.17, 15) is 4.79 Å². The van der Waals surface area contributed by atoms with Crippen LogP contribution < -0.4 is 4.90 Å². The van der Waals surface area contributed by atoms with Gasteiger partial charge in [0, 0.05) is 38.6 Å². The highest BCUT2D eigenvalue weighted by atomic mass is 32.1. The minimum absolute atomic E-state index is 0.0523. The Morgan fingerprint density at radius 3 is 2.64 bits per heavy atom. The van der Waals surface area contributed by atoms with Gasteiger partial charge >= 0.3 is 0 Å². The number of fused-ring (bicyclic) bond motifs is 1. The SMILES string of the molecule is Cc1cc(C)c2sc(N3CCN(C(=O)c4cnccn4)CC3)nc2c1. The number of piperazine rings is 1. The van der Waals surface area contributed by atoms with Crippen molar-refractivity contribution in [3.05, 3.63) is 47.5 Å². The number of aryl methyl sites for hydroxylation is 2. The highest BCUT2D eigenvalue weighted by Crippen LogP contribution is 2.32. The van der Waals surface area contributed by atoms with Crippen LogP contribution in [0.15, 0.2) is 30.7 Å². The van der Waals surface area contributed by atoms with Crippen LogP contribution in [0.1, 0.15) is 21.6 Å². The Morgan fingerprint density at radius 2 is 1.92 bits per heavy atom. The molecular formula is C18H19N5OS. The molecular weight excluding hydrogens is 334 g/mol. The van der Waals surface area contributed by atoms with Crippen LogP contribution >= 0.6 is 11.3 Å². The van der Waals surface area contributed by atoms with Crippen molar-refractivity contribution in [1.82, 2.24) is 19.9 Å². The van der Waals surface area contributed by atoms with Crippen LogP contribution in [0, 0.1) is 13.8 Å². The molecule has 0 N–H and O–H groups in total. The lowest BCUT2D eigenvalue weighted by molar-refractivity contribution is 0.0740. The van der Waals surface area contributed by atoms with Gasteiger partial charge in [-0.05, 0) is 31.0 Å². The van der Waals surface area contributed by atoms with E-state index < -0.39 is 0 Å². The summed E-state index contributed by atoms with van der Waals surface area (Å²) in [4.78, 5) is 29.4. The fourth-order valence-electron chi connectivity index (χ4n) is 3.17. The van der Waals surface area contributed by atoms with Crippen LogP contribution in [0.4, 0.5) is 5.13 Å². The molecule has 1 aliphatic rings. The second-order valence-electron chi connectivity index (χ2n) is 6.30. The van der Waals surface area contributed by atoms with Gasteiger partial charge in [-0.2, -0.15) is 0 Å². The summed E-state index contributed by atoms with van der Waals surface area (Å²) in [5.74, 6) is -0.0523. The van der Waals surface area contributed by atoms with Crippen molar-refractivity contribution in [2.45, 2.75) is 13.8 Å². The van der Waals surface area contributed by atoms with Crippen molar-refractivity contribution in [2.24, 2.45) is 0 Å². The molecule has 0 unspecified atom stereocenters. The van der Waals surface area contributed by atoms with Gasteiger partial charge in [0.25, 0.3) is 5.91 Å². The van der Waals surface area contributed by atoms with Crippen LogP contribution in [-0.2, 0) is 0 Å². The maximum atomic E-state index is 12.5. The molecule has 3 aromatic rings. The molecule has 0 bridgehead atoms. The van der Waals surface area contributed by atoms with Crippen molar-refractivity contribution < 1.29 is 4.79 Å². The molecule has 1 fully saturated rings. The van der Waals surface area contributed by atoms with Crippen LogP contribution in [0.3, 0.4) is 0 Å². The van der Waals surface area contributed by atoms with Crippen LogP contribution in [0.5, 0.6) is 0 Å². The number of anilines is 1. The maximum Gasteiger partial charge on any atom is 0.274 e. The van der Waals surface area contributed by atoms with Crippen LogP contribution in [0.2, 0.25) is 0 Å². The van der Waals surface area contributed by atoms with E-state index in [-0.39, 0.29) is 5.91 Å². The molecule has 25 heavy (non-hydrogen) atoms.